The van der Waals surface area contributed by atoms with Crippen molar-refractivity contribution in [2.24, 2.45) is 0 Å². The van der Waals surface area contributed by atoms with Crippen LogP contribution in [-0.4, -0.2) is 0 Å². The van der Waals surface area contributed by atoms with Gasteiger partial charge in [-0.1, -0.05) is 68.3 Å². The monoisotopic (exact) mass is 349 g/mol. The van der Waals surface area contributed by atoms with Crippen LogP contribution in [0, 0.1) is 11.3 Å². The molecule has 21 heavy (non-hydrogen) atoms. The largest absolute Gasteiger partial charge is 0.192 e. The van der Waals surface area contributed by atoms with E-state index in [0.717, 1.165) is 22.9 Å². The fourth-order valence-electron chi connectivity index (χ4n) is 2.75. The molecule has 1 aromatic rings. The number of nitriles is 1. The molecule has 2 heteroatoms. The summed E-state index contributed by atoms with van der Waals surface area (Å²) in [6.45, 7) is 4.46. The molecule has 0 heterocycles. The van der Waals surface area contributed by atoms with E-state index in [1.54, 1.807) is 0 Å². The van der Waals surface area contributed by atoms with Crippen LogP contribution in [-0.2, 0) is 12.8 Å². The lowest BCUT2D eigenvalue weighted by Gasteiger charge is -2.11. The second-order valence-corrected chi connectivity index (χ2v) is 6.75. The van der Waals surface area contributed by atoms with Crippen LogP contribution in [0.1, 0.15) is 81.9 Å². The molecule has 0 aliphatic carbocycles. The summed E-state index contributed by atoms with van der Waals surface area (Å²) in [5, 5.41) is 9.53. The summed E-state index contributed by atoms with van der Waals surface area (Å²) in [6, 6.07) is 6.73. The van der Waals surface area contributed by atoms with Crippen molar-refractivity contribution < 1.29 is 0 Å². The Balaban J connectivity index is 2.73. The Hall–Kier alpha value is -0.810. The molecule has 1 nitrogen and oxygen atoms in total. The van der Waals surface area contributed by atoms with Gasteiger partial charge in [0.15, 0.2) is 0 Å². The molecular formula is C19H28BrN. The molecule has 0 aliphatic rings. The molecule has 0 spiro atoms. The van der Waals surface area contributed by atoms with Crippen molar-refractivity contribution in [3.8, 4) is 6.07 Å². The number of benzene rings is 1. The molecule has 0 aromatic heterocycles. The van der Waals surface area contributed by atoms with Crippen molar-refractivity contribution in [1.82, 2.24) is 0 Å². The van der Waals surface area contributed by atoms with Crippen LogP contribution < -0.4 is 0 Å². The Kier molecular flexibility index (Phi) is 9.42. The molecule has 0 radical (unpaired) electrons. The average Bonchev–Trinajstić information content (AvgIpc) is 2.48. The van der Waals surface area contributed by atoms with E-state index in [0.29, 0.717) is 0 Å². The lowest BCUT2D eigenvalue weighted by molar-refractivity contribution is 0.660. The minimum atomic E-state index is 0.936. The number of aryl methyl sites for hydroxylation is 2. The first-order valence-corrected chi connectivity index (χ1v) is 9.23. The first-order chi connectivity index (χ1) is 10.2. The van der Waals surface area contributed by atoms with Crippen LogP contribution >= 0.6 is 15.9 Å². The van der Waals surface area contributed by atoms with Crippen molar-refractivity contribution in [2.45, 2.75) is 78.1 Å². The zero-order valence-electron chi connectivity index (χ0n) is 13.6. The molecule has 0 N–H and O–H groups in total. The second-order valence-electron chi connectivity index (χ2n) is 5.83. The fourth-order valence-corrected chi connectivity index (χ4v) is 3.30. The highest BCUT2D eigenvalue weighted by molar-refractivity contribution is 9.10. The maximum atomic E-state index is 9.53. The van der Waals surface area contributed by atoms with Gasteiger partial charge in [-0.15, -0.1) is 0 Å². The zero-order valence-corrected chi connectivity index (χ0v) is 15.1. The van der Waals surface area contributed by atoms with Crippen molar-refractivity contribution in [2.75, 3.05) is 0 Å². The molecule has 0 amide bonds. The van der Waals surface area contributed by atoms with E-state index in [1.807, 2.05) is 0 Å². The van der Waals surface area contributed by atoms with Gasteiger partial charge in [0.2, 0.25) is 0 Å². The van der Waals surface area contributed by atoms with Gasteiger partial charge < -0.3 is 0 Å². The van der Waals surface area contributed by atoms with Gasteiger partial charge in [0.25, 0.3) is 0 Å². The highest BCUT2D eigenvalue weighted by atomic mass is 79.9. The van der Waals surface area contributed by atoms with Crippen LogP contribution in [0.25, 0.3) is 0 Å². The Labute approximate surface area is 138 Å². The van der Waals surface area contributed by atoms with E-state index in [4.69, 9.17) is 0 Å². The Morgan fingerprint density at radius 3 is 1.71 bits per heavy atom. The highest BCUT2D eigenvalue weighted by Gasteiger charge is 2.10. The third kappa shape index (κ3) is 6.66. The second kappa shape index (κ2) is 10.9. The summed E-state index contributed by atoms with van der Waals surface area (Å²) in [6.07, 6.45) is 12.1. The summed E-state index contributed by atoms with van der Waals surface area (Å²) < 4.78 is 1.12. The first kappa shape index (κ1) is 18.2. The van der Waals surface area contributed by atoms with Gasteiger partial charge in [0.1, 0.15) is 0 Å². The molecule has 0 fully saturated rings. The number of halogens is 1. The van der Waals surface area contributed by atoms with Gasteiger partial charge in [0, 0.05) is 4.47 Å². The van der Waals surface area contributed by atoms with Gasteiger partial charge in [-0.3, -0.25) is 0 Å². The third-order valence-corrected chi connectivity index (χ3v) is 4.44. The van der Waals surface area contributed by atoms with E-state index in [2.05, 4.69) is 48.0 Å². The summed E-state index contributed by atoms with van der Waals surface area (Å²) in [5.74, 6) is 0. The number of hydrogen-bond donors (Lipinski definition) is 0. The molecule has 0 unspecified atom stereocenters. The van der Waals surface area contributed by atoms with Crippen molar-refractivity contribution in [3.63, 3.8) is 0 Å². The quantitative estimate of drug-likeness (QED) is 0.438. The maximum Gasteiger partial charge on any atom is 0.0997 e. The molecule has 1 rings (SSSR count). The first-order valence-electron chi connectivity index (χ1n) is 8.44. The summed E-state index contributed by atoms with van der Waals surface area (Å²) in [4.78, 5) is 0. The molecular weight excluding hydrogens is 322 g/mol. The van der Waals surface area contributed by atoms with Crippen LogP contribution in [0.5, 0.6) is 0 Å². The van der Waals surface area contributed by atoms with Gasteiger partial charge in [-0.05, 0) is 48.9 Å². The number of nitrogens with zero attached hydrogens (tertiary/aromatic N) is 1. The lowest BCUT2D eigenvalue weighted by Crippen LogP contribution is -1.98. The van der Waals surface area contributed by atoms with E-state index in [9.17, 15) is 5.26 Å². The number of rotatable bonds is 10. The molecule has 0 atom stereocenters. The van der Waals surface area contributed by atoms with E-state index in [1.165, 1.54) is 62.5 Å². The molecule has 0 aliphatic heterocycles. The van der Waals surface area contributed by atoms with Gasteiger partial charge >= 0.3 is 0 Å². The van der Waals surface area contributed by atoms with Crippen LogP contribution in [0.4, 0.5) is 0 Å². The summed E-state index contributed by atoms with van der Waals surface area (Å²) in [5.41, 5.74) is 3.40. The van der Waals surface area contributed by atoms with Crippen molar-refractivity contribution >= 4 is 15.9 Å². The highest BCUT2D eigenvalue weighted by Crippen LogP contribution is 2.24. The fraction of sp³-hybridized carbons (Fsp3) is 0.632. The topological polar surface area (TPSA) is 23.8 Å². The predicted molar refractivity (Wildman–Crippen MR) is 94.5 cm³/mol. The van der Waals surface area contributed by atoms with Crippen molar-refractivity contribution in [1.29, 1.82) is 5.26 Å². The Morgan fingerprint density at radius 2 is 1.33 bits per heavy atom. The summed E-state index contributed by atoms with van der Waals surface area (Å²) in [7, 11) is 0. The Morgan fingerprint density at radius 1 is 0.857 bits per heavy atom. The predicted octanol–water partition coefficient (Wildman–Crippen LogP) is 6.57. The van der Waals surface area contributed by atoms with Gasteiger partial charge in [0.05, 0.1) is 11.6 Å². The van der Waals surface area contributed by atoms with Crippen LogP contribution in [0.3, 0.4) is 0 Å². The minimum absolute atomic E-state index is 0.936. The van der Waals surface area contributed by atoms with Gasteiger partial charge in [-0.25, -0.2) is 0 Å². The normalized spacial score (nSPS) is 10.6. The van der Waals surface area contributed by atoms with Crippen molar-refractivity contribution in [3.05, 3.63) is 33.3 Å². The van der Waals surface area contributed by atoms with Gasteiger partial charge in [-0.2, -0.15) is 5.26 Å². The lowest BCUT2D eigenvalue weighted by atomic mass is 9.94. The molecule has 0 saturated heterocycles. The van der Waals surface area contributed by atoms with E-state index >= 15 is 0 Å². The summed E-state index contributed by atoms with van der Waals surface area (Å²) >= 11 is 3.61. The molecule has 0 bridgehead atoms. The number of hydrogen-bond acceptors (Lipinski definition) is 1. The molecule has 0 saturated carbocycles. The van der Waals surface area contributed by atoms with Crippen LogP contribution in [0.2, 0.25) is 0 Å². The zero-order chi connectivity index (χ0) is 15.5. The third-order valence-electron chi connectivity index (χ3n) is 3.98. The van der Waals surface area contributed by atoms with E-state index in [-0.39, 0.29) is 0 Å². The average molecular weight is 350 g/mol. The minimum Gasteiger partial charge on any atom is -0.192 e. The Bertz CT molecular complexity index is 426. The van der Waals surface area contributed by atoms with Crippen LogP contribution in [0.15, 0.2) is 16.6 Å². The molecule has 1 aromatic carbocycles. The molecule has 116 valence electrons. The SMILES string of the molecule is CCCCCCc1cc(Br)cc(CCCCCC)c1C#N. The van der Waals surface area contributed by atoms with E-state index < -0.39 is 0 Å². The smallest absolute Gasteiger partial charge is 0.0997 e. The standard InChI is InChI=1S/C19H28BrN/c1-3-5-7-9-11-16-13-18(20)14-17(19(16)15-21)12-10-8-6-4-2/h13-14H,3-12H2,1-2H3. The number of unbranched alkanes of at least 4 members (excludes halogenated alkanes) is 6. The maximum absolute atomic E-state index is 9.53.